The summed E-state index contributed by atoms with van der Waals surface area (Å²) < 4.78 is 7.49. The van der Waals surface area contributed by atoms with E-state index < -0.39 is 5.97 Å². The molecular formula is C13H13ClN2O3. The van der Waals surface area contributed by atoms with E-state index in [9.17, 15) is 4.79 Å². The lowest BCUT2D eigenvalue weighted by atomic mass is 10.2. The number of hydrogen-bond acceptors (Lipinski definition) is 3. The van der Waals surface area contributed by atoms with Gasteiger partial charge in [0.05, 0.1) is 10.6 Å². The number of halogens is 1. The number of imidazole rings is 1. The minimum atomic E-state index is -1.08. The number of ether oxygens (including phenoxy) is 1. The molecule has 0 atom stereocenters. The monoisotopic (exact) mass is 280 g/mol. The predicted octanol–water partition coefficient (Wildman–Crippen LogP) is 2.83. The number of nitrogens with zero attached hydrogens (tertiary/aromatic N) is 2. The van der Waals surface area contributed by atoms with Crippen molar-refractivity contribution in [1.29, 1.82) is 0 Å². The number of carboxylic acid groups (broad SMARTS) is 1. The van der Waals surface area contributed by atoms with Crippen LogP contribution >= 0.6 is 11.6 Å². The molecule has 0 aliphatic carbocycles. The smallest absolute Gasteiger partial charge is 0.337 e. The predicted molar refractivity (Wildman–Crippen MR) is 70.6 cm³/mol. The molecule has 5 nitrogen and oxygen atoms in total. The highest BCUT2D eigenvalue weighted by Gasteiger charge is 2.10. The Morgan fingerprint density at radius 1 is 1.53 bits per heavy atom. The van der Waals surface area contributed by atoms with Crippen LogP contribution in [0.5, 0.6) is 5.75 Å². The number of aromatic nitrogens is 2. The van der Waals surface area contributed by atoms with Gasteiger partial charge in [0.15, 0.2) is 0 Å². The summed E-state index contributed by atoms with van der Waals surface area (Å²) in [6.45, 7) is 3.09. The fourth-order valence-electron chi connectivity index (χ4n) is 1.67. The molecule has 100 valence electrons. The largest absolute Gasteiger partial charge is 0.486 e. The van der Waals surface area contributed by atoms with Crippen molar-refractivity contribution in [3.63, 3.8) is 0 Å². The summed E-state index contributed by atoms with van der Waals surface area (Å²) in [6.07, 6.45) is 3.57. The lowest BCUT2D eigenvalue weighted by molar-refractivity contribution is 0.0696. The second-order valence-electron chi connectivity index (χ2n) is 3.86. The maximum atomic E-state index is 11.0. The molecule has 1 heterocycles. The number of carbonyl (C=O) groups is 1. The van der Waals surface area contributed by atoms with E-state index >= 15 is 0 Å². The van der Waals surface area contributed by atoms with Crippen LogP contribution in [0.25, 0.3) is 0 Å². The summed E-state index contributed by atoms with van der Waals surface area (Å²) in [6, 6.07) is 4.55. The van der Waals surface area contributed by atoms with Crippen LogP contribution in [-0.2, 0) is 13.2 Å². The van der Waals surface area contributed by atoms with Crippen molar-refractivity contribution in [2.45, 2.75) is 20.1 Å². The normalized spacial score (nSPS) is 10.4. The molecule has 1 N–H and O–H groups in total. The summed E-state index contributed by atoms with van der Waals surface area (Å²) in [5, 5.41) is 9.16. The van der Waals surface area contributed by atoms with E-state index in [1.165, 1.54) is 12.1 Å². The molecule has 0 unspecified atom stereocenters. The van der Waals surface area contributed by atoms with E-state index in [-0.39, 0.29) is 17.2 Å². The molecule has 0 aliphatic rings. The molecule has 0 spiro atoms. The molecule has 0 aliphatic heterocycles. The van der Waals surface area contributed by atoms with Gasteiger partial charge in [-0.15, -0.1) is 0 Å². The highest BCUT2D eigenvalue weighted by molar-refractivity contribution is 6.33. The van der Waals surface area contributed by atoms with Crippen LogP contribution in [0.3, 0.4) is 0 Å². The molecule has 0 amide bonds. The number of carboxylic acids is 1. The quantitative estimate of drug-likeness (QED) is 0.915. The first-order valence-electron chi connectivity index (χ1n) is 5.77. The Morgan fingerprint density at radius 2 is 2.32 bits per heavy atom. The lowest BCUT2D eigenvalue weighted by Crippen LogP contribution is -2.06. The van der Waals surface area contributed by atoms with Gasteiger partial charge < -0.3 is 14.4 Å². The molecule has 2 aromatic rings. The van der Waals surface area contributed by atoms with Crippen molar-refractivity contribution in [2.75, 3.05) is 0 Å². The second kappa shape index (κ2) is 5.75. The average molecular weight is 281 g/mol. The first-order chi connectivity index (χ1) is 9.11. The highest BCUT2D eigenvalue weighted by Crippen LogP contribution is 2.22. The number of aromatic carboxylic acids is 1. The van der Waals surface area contributed by atoms with Gasteiger partial charge in [0, 0.05) is 18.9 Å². The molecule has 0 saturated heterocycles. The van der Waals surface area contributed by atoms with Gasteiger partial charge in [0.2, 0.25) is 0 Å². The molecule has 0 fully saturated rings. The summed E-state index contributed by atoms with van der Waals surface area (Å²) in [5.41, 5.74) is 0.0259. The van der Waals surface area contributed by atoms with Gasteiger partial charge in [-0.05, 0) is 25.1 Å². The Morgan fingerprint density at radius 3 is 3.00 bits per heavy atom. The van der Waals surface area contributed by atoms with E-state index in [1.807, 2.05) is 17.7 Å². The van der Waals surface area contributed by atoms with Gasteiger partial charge in [-0.2, -0.15) is 0 Å². The van der Waals surface area contributed by atoms with Gasteiger partial charge in [-0.25, -0.2) is 9.78 Å². The molecule has 2 rings (SSSR count). The van der Waals surface area contributed by atoms with Crippen molar-refractivity contribution >= 4 is 17.6 Å². The fraction of sp³-hybridized carbons (Fsp3) is 0.231. The van der Waals surface area contributed by atoms with Crippen LogP contribution in [0, 0.1) is 0 Å². The summed E-state index contributed by atoms with van der Waals surface area (Å²) >= 11 is 5.79. The summed E-state index contributed by atoms with van der Waals surface area (Å²) in [4.78, 5) is 15.1. The van der Waals surface area contributed by atoms with Gasteiger partial charge >= 0.3 is 5.97 Å². The average Bonchev–Trinajstić information content (AvgIpc) is 2.84. The van der Waals surface area contributed by atoms with E-state index in [0.717, 1.165) is 12.4 Å². The molecule has 6 heteroatoms. The SMILES string of the molecule is CCn1ccnc1COc1ccc(Cl)c(C(=O)O)c1. The van der Waals surface area contributed by atoms with Gasteiger partial charge in [-0.1, -0.05) is 11.6 Å². The van der Waals surface area contributed by atoms with Crippen molar-refractivity contribution in [1.82, 2.24) is 9.55 Å². The molecule has 1 aromatic carbocycles. The highest BCUT2D eigenvalue weighted by atomic mass is 35.5. The molecule has 0 bridgehead atoms. The third kappa shape index (κ3) is 3.06. The van der Waals surface area contributed by atoms with Gasteiger partial charge in [0.25, 0.3) is 0 Å². The Hall–Kier alpha value is -2.01. The Balaban J connectivity index is 2.12. The maximum Gasteiger partial charge on any atom is 0.337 e. The van der Waals surface area contributed by atoms with E-state index in [1.54, 1.807) is 12.3 Å². The number of rotatable bonds is 5. The van der Waals surface area contributed by atoms with Crippen molar-refractivity contribution in [3.05, 3.63) is 47.0 Å². The number of aryl methyl sites for hydroxylation is 1. The Kier molecular flexibility index (Phi) is 4.06. The fourth-order valence-corrected chi connectivity index (χ4v) is 1.87. The molecular weight excluding hydrogens is 268 g/mol. The Bertz CT molecular complexity index is 595. The number of hydrogen-bond donors (Lipinski definition) is 1. The summed E-state index contributed by atoms with van der Waals surface area (Å²) in [7, 11) is 0. The van der Waals surface area contributed by atoms with Crippen molar-refractivity contribution < 1.29 is 14.6 Å². The minimum absolute atomic E-state index is 0.0259. The maximum absolute atomic E-state index is 11.0. The van der Waals surface area contributed by atoms with Crippen LogP contribution in [0.2, 0.25) is 5.02 Å². The van der Waals surface area contributed by atoms with Crippen molar-refractivity contribution in [2.24, 2.45) is 0 Å². The van der Waals surface area contributed by atoms with E-state index in [2.05, 4.69) is 4.98 Å². The lowest BCUT2D eigenvalue weighted by Gasteiger charge is -2.08. The van der Waals surface area contributed by atoms with Crippen LogP contribution in [0.15, 0.2) is 30.6 Å². The van der Waals surface area contributed by atoms with Crippen LogP contribution < -0.4 is 4.74 Å². The zero-order valence-electron chi connectivity index (χ0n) is 10.3. The van der Waals surface area contributed by atoms with Crippen LogP contribution in [0.4, 0.5) is 0 Å². The standard InChI is InChI=1S/C13H13ClN2O3/c1-2-16-6-5-15-12(16)8-19-9-3-4-11(14)10(7-9)13(17)18/h3-7H,2,8H2,1H3,(H,17,18). The van der Waals surface area contributed by atoms with E-state index in [4.69, 9.17) is 21.4 Å². The number of benzene rings is 1. The third-order valence-electron chi connectivity index (χ3n) is 2.68. The molecule has 19 heavy (non-hydrogen) atoms. The zero-order valence-corrected chi connectivity index (χ0v) is 11.1. The van der Waals surface area contributed by atoms with Crippen LogP contribution in [-0.4, -0.2) is 20.6 Å². The van der Waals surface area contributed by atoms with Gasteiger partial charge in [-0.3, -0.25) is 0 Å². The zero-order chi connectivity index (χ0) is 13.8. The van der Waals surface area contributed by atoms with Crippen LogP contribution in [0.1, 0.15) is 23.1 Å². The third-order valence-corrected chi connectivity index (χ3v) is 3.01. The van der Waals surface area contributed by atoms with Gasteiger partial charge in [0.1, 0.15) is 18.2 Å². The summed E-state index contributed by atoms with van der Waals surface area (Å²) in [5.74, 6) is 0.160. The minimum Gasteiger partial charge on any atom is -0.486 e. The second-order valence-corrected chi connectivity index (χ2v) is 4.27. The van der Waals surface area contributed by atoms with E-state index in [0.29, 0.717) is 5.75 Å². The first-order valence-corrected chi connectivity index (χ1v) is 6.15. The molecule has 0 radical (unpaired) electrons. The van der Waals surface area contributed by atoms with Crippen molar-refractivity contribution in [3.8, 4) is 5.75 Å². The first kappa shape index (κ1) is 13.4. The molecule has 0 saturated carbocycles. The molecule has 1 aromatic heterocycles. The topological polar surface area (TPSA) is 64.4 Å². The Labute approximate surface area is 115 Å².